The molecule has 0 amide bonds. The van der Waals surface area contributed by atoms with Crippen LogP contribution in [0.5, 0.6) is 5.75 Å². The van der Waals surface area contributed by atoms with Crippen molar-refractivity contribution in [1.82, 2.24) is 0 Å². The molecule has 0 aliphatic heterocycles. The molecule has 3 heteroatoms. The summed E-state index contributed by atoms with van der Waals surface area (Å²) in [5.41, 5.74) is 1.61. The number of rotatable bonds is 5. The minimum Gasteiger partial charge on any atom is -0.497 e. The quantitative estimate of drug-likeness (QED) is 0.891. The monoisotopic (exact) mass is 278 g/mol. The summed E-state index contributed by atoms with van der Waals surface area (Å²) < 4.78 is 11.3. The Hall–Kier alpha value is -1.06. The number of methoxy groups -OCH3 is 1. The van der Waals surface area contributed by atoms with Crippen LogP contribution in [0.4, 0.5) is 0 Å². The first kappa shape index (κ1) is 15.3. The number of aliphatic hydroxyl groups is 1. The first-order chi connectivity index (χ1) is 9.63. The fraction of sp³-hybridized carbons (Fsp3) is 0.647. The summed E-state index contributed by atoms with van der Waals surface area (Å²) in [5, 5.41) is 10.9. The highest BCUT2D eigenvalue weighted by Gasteiger charge is 2.41. The smallest absolute Gasteiger partial charge is 0.119 e. The molecule has 0 heterocycles. The van der Waals surface area contributed by atoms with Crippen LogP contribution in [0.3, 0.4) is 0 Å². The Morgan fingerprint density at radius 1 is 1.25 bits per heavy atom. The van der Waals surface area contributed by atoms with E-state index in [1.165, 1.54) is 6.42 Å². The van der Waals surface area contributed by atoms with Crippen LogP contribution in [0.15, 0.2) is 18.2 Å². The molecule has 112 valence electrons. The SMILES string of the molecule is CCOC1(C(O)c2ccc(OC)cc2C)CCCCC1. The first-order valence-electron chi connectivity index (χ1n) is 7.59. The van der Waals surface area contributed by atoms with Gasteiger partial charge in [-0.2, -0.15) is 0 Å². The molecule has 0 spiro atoms. The molecule has 0 radical (unpaired) electrons. The predicted molar refractivity (Wildman–Crippen MR) is 80.1 cm³/mol. The van der Waals surface area contributed by atoms with Crippen molar-refractivity contribution in [2.24, 2.45) is 0 Å². The van der Waals surface area contributed by atoms with Gasteiger partial charge in [0.1, 0.15) is 11.9 Å². The Morgan fingerprint density at radius 2 is 1.95 bits per heavy atom. The number of benzene rings is 1. The Kier molecular flexibility index (Phi) is 5.06. The van der Waals surface area contributed by atoms with Gasteiger partial charge in [0.05, 0.1) is 12.7 Å². The van der Waals surface area contributed by atoms with E-state index < -0.39 is 11.7 Å². The second kappa shape index (κ2) is 6.59. The maximum atomic E-state index is 10.9. The molecule has 0 aromatic heterocycles. The Morgan fingerprint density at radius 3 is 2.50 bits per heavy atom. The van der Waals surface area contributed by atoms with Crippen molar-refractivity contribution in [2.45, 2.75) is 57.7 Å². The van der Waals surface area contributed by atoms with E-state index in [9.17, 15) is 5.11 Å². The molecule has 1 fully saturated rings. The maximum absolute atomic E-state index is 10.9. The van der Waals surface area contributed by atoms with Crippen LogP contribution in [0.1, 0.15) is 56.3 Å². The van der Waals surface area contributed by atoms with Crippen LogP contribution in [-0.4, -0.2) is 24.4 Å². The standard InChI is InChI=1S/C17H26O3/c1-4-20-17(10-6-5-7-11-17)16(18)15-9-8-14(19-3)12-13(15)2/h8-9,12,16,18H,4-7,10-11H2,1-3H3. The van der Waals surface area contributed by atoms with Crippen molar-refractivity contribution >= 4 is 0 Å². The van der Waals surface area contributed by atoms with Crippen LogP contribution in [-0.2, 0) is 4.74 Å². The number of hydrogen-bond donors (Lipinski definition) is 1. The zero-order chi connectivity index (χ0) is 14.6. The topological polar surface area (TPSA) is 38.7 Å². The molecule has 1 saturated carbocycles. The summed E-state index contributed by atoms with van der Waals surface area (Å²) in [6.07, 6.45) is 4.82. The van der Waals surface area contributed by atoms with Crippen molar-refractivity contribution in [2.75, 3.05) is 13.7 Å². The fourth-order valence-electron chi connectivity index (χ4n) is 3.30. The third kappa shape index (κ3) is 2.99. The van der Waals surface area contributed by atoms with E-state index in [2.05, 4.69) is 0 Å². The summed E-state index contributed by atoms with van der Waals surface area (Å²) >= 11 is 0. The molecule has 3 nitrogen and oxygen atoms in total. The van der Waals surface area contributed by atoms with E-state index in [4.69, 9.17) is 9.47 Å². The van der Waals surface area contributed by atoms with Crippen molar-refractivity contribution < 1.29 is 14.6 Å². The highest BCUT2D eigenvalue weighted by molar-refractivity contribution is 5.37. The van der Waals surface area contributed by atoms with Gasteiger partial charge in [0.2, 0.25) is 0 Å². The second-order valence-corrected chi connectivity index (χ2v) is 5.68. The largest absolute Gasteiger partial charge is 0.497 e. The van der Waals surface area contributed by atoms with Gasteiger partial charge in [0, 0.05) is 6.61 Å². The second-order valence-electron chi connectivity index (χ2n) is 5.68. The molecular weight excluding hydrogens is 252 g/mol. The van der Waals surface area contributed by atoms with Gasteiger partial charge >= 0.3 is 0 Å². The molecular formula is C17H26O3. The lowest BCUT2D eigenvalue weighted by Gasteiger charge is -2.41. The van der Waals surface area contributed by atoms with Crippen molar-refractivity contribution in [3.8, 4) is 5.75 Å². The summed E-state index contributed by atoms with van der Waals surface area (Å²) in [4.78, 5) is 0. The maximum Gasteiger partial charge on any atom is 0.119 e. The molecule has 1 unspecified atom stereocenters. The first-order valence-corrected chi connectivity index (χ1v) is 7.59. The molecule has 0 bridgehead atoms. The van der Waals surface area contributed by atoms with Crippen LogP contribution in [0.2, 0.25) is 0 Å². The van der Waals surface area contributed by atoms with E-state index in [1.54, 1.807) is 7.11 Å². The summed E-state index contributed by atoms with van der Waals surface area (Å²) in [6, 6.07) is 5.85. The number of ether oxygens (including phenoxy) is 2. The van der Waals surface area contributed by atoms with Crippen molar-refractivity contribution in [1.29, 1.82) is 0 Å². The third-order valence-corrected chi connectivity index (χ3v) is 4.40. The highest BCUT2D eigenvalue weighted by Crippen LogP contribution is 2.42. The minimum atomic E-state index is -0.561. The zero-order valence-corrected chi connectivity index (χ0v) is 12.8. The number of hydrogen-bond acceptors (Lipinski definition) is 3. The Balaban J connectivity index is 2.29. The number of aryl methyl sites for hydroxylation is 1. The van der Waals surface area contributed by atoms with Gasteiger partial charge in [-0.25, -0.2) is 0 Å². The summed E-state index contributed by atoms with van der Waals surface area (Å²) in [7, 11) is 1.66. The van der Waals surface area contributed by atoms with Gasteiger partial charge in [-0.05, 0) is 49.9 Å². The summed E-state index contributed by atoms with van der Waals surface area (Å²) in [6.45, 7) is 4.67. The number of aliphatic hydroxyl groups excluding tert-OH is 1. The third-order valence-electron chi connectivity index (χ3n) is 4.40. The van der Waals surface area contributed by atoms with E-state index in [1.807, 2.05) is 32.0 Å². The van der Waals surface area contributed by atoms with Crippen molar-refractivity contribution in [3.63, 3.8) is 0 Å². The van der Waals surface area contributed by atoms with Crippen LogP contribution in [0, 0.1) is 6.92 Å². The van der Waals surface area contributed by atoms with Gasteiger partial charge in [-0.3, -0.25) is 0 Å². The molecule has 0 saturated heterocycles. The molecule has 1 N–H and O–H groups in total. The van der Waals surface area contributed by atoms with Crippen molar-refractivity contribution in [3.05, 3.63) is 29.3 Å². The fourth-order valence-corrected chi connectivity index (χ4v) is 3.30. The molecule has 1 aromatic carbocycles. The molecule has 1 atom stereocenters. The van der Waals surface area contributed by atoms with Crippen LogP contribution in [0.25, 0.3) is 0 Å². The molecule has 1 aliphatic carbocycles. The summed E-state index contributed by atoms with van der Waals surface area (Å²) in [5.74, 6) is 0.826. The van der Waals surface area contributed by atoms with Gasteiger partial charge in [-0.15, -0.1) is 0 Å². The minimum absolute atomic E-state index is 0.410. The van der Waals surface area contributed by atoms with Gasteiger partial charge in [0.15, 0.2) is 0 Å². The normalized spacial score (nSPS) is 19.6. The van der Waals surface area contributed by atoms with Gasteiger partial charge in [0.25, 0.3) is 0 Å². The molecule has 2 rings (SSSR count). The Bertz CT molecular complexity index is 430. The van der Waals surface area contributed by atoms with Crippen LogP contribution >= 0.6 is 0 Å². The average Bonchev–Trinajstić information content (AvgIpc) is 2.47. The lowest BCUT2D eigenvalue weighted by molar-refractivity contribution is -0.142. The average molecular weight is 278 g/mol. The predicted octanol–water partition coefficient (Wildman–Crippen LogP) is 3.78. The molecule has 1 aromatic rings. The Labute approximate surface area is 121 Å². The zero-order valence-electron chi connectivity index (χ0n) is 12.8. The van der Waals surface area contributed by atoms with E-state index in [0.29, 0.717) is 6.61 Å². The molecule has 20 heavy (non-hydrogen) atoms. The highest BCUT2D eigenvalue weighted by atomic mass is 16.5. The van der Waals surface area contributed by atoms with Gasteiger partial charge in [-0.1, -0.05) is 25.3 Å². The lowest BCUT2D eigenvalue weighted by Crippen LogP contribution is -2.41. The van der Waals surface area contributed by atoms with E-state index in [0.717, 1.165) is 42.6 Å². The van der Waals surface area contributed by atoms with E-state index >= 15 is 0 Å². The molecule has 1 aliphatic rings. The van der Waals surface area contributed by atoms with E-state index in [-0.39, 0.29) is 0 Å². The lowest BCUT2D eigenvalue weighted by atomic mass is 9.77. The van der Waals surface area contributed by atoms with Gasteiger partial charge < -0.3 is 14.6 Å². The van der Waals surface area contributed by atoms with Crippen LogP contribution < -0.4 is 4.74 Å².